The minimum Gasteiger partial charge on any atom is -0.344 e. The van der Waals surface area contributed by atoms with Crippen LogP contribution in [0.25, 0.3) is 0 Å². The maximum absolute atomic E-state index is 12.2. The van der Waals surface area contributed by atoms with Gasteiger partial charge in [0.1, 0.15) is 5.60 Å². The largest absolute Gasteiger partial charge is 0.344 e. The van der Waals surface area contributed by atoms with E-state index in [2.05, 4.69) is 0 Å². The summed E-state index contributed by atoms with van der Waals surface area (Å²) >= 11 is 0. The molecule has 4 heteroatoms. The second kappa shape index (κ2) is 2.96. The van der Waals surface area contributed by atoms with Crippen LogP contribution in [0, 0.1) is 0 Å². The van der Waals surface area contributed by atoms with Crippen LogP contribution in [-0.2, 0) is 19.9 Å². The highest BCUT2D eigenvalue weighted by Gasteiger charge is 2.69. The first-order valence-electron chi connectivity index (χ1n) is 5.58. The SMILES string of the molecule is CN1C(=O)C2(C)CC(c3ccccc3)(O2)C1=O. The highest BCUT2D eigenvalue weighted by molar-refractivity contribution is 6.08. The van der Waals surface area contributed by atoms with Crippen molar-refractivity contribution in [1.29, 1.82) is 0 Å². The van der Waals surface area contributed by atoms with Crippen LogP contribution in [0.2, 0.25) is 0 Å². The van der Waals surface area contributed by atoms with E-state index < -0.39 is 11.2 Å². The average molecular weight is 231 g/mol. The summed E-state index contributed by atoms with van der Waals surface area (Å²) in [6, 6.07) is 9.35. The van der Waals surface area contributed by atoms with Gasteiger partial charge in [-0.3, -0.25) is 14.5 Å². The molecule has 2 atom stereocenters. The van der Waals surface area contributed by atoms with Gasteiger partial charge in [0.2, 0.25) is 0 Å². The number of hydrogen-bond donors (Lipinski definition) is 0. The Morgan fingerprint density at radius 1 is 1.18 bits per heavy atom. The quantitative estimate of drug-likeness (QED) is 0.679. The molecule has 3 heterocycles. The first-order chi connectivity index (χ1) is 8.00. The summed E-state index contributed by atoms with van der Waals surface area (Å²) in [7, 11) is 1.52. The fourth-order valence-corrected chi connectivity index (χ4v) is 2.80. The Labute approximate surface area is 99.2 Å². The van der Waals surface area contributed by atoms with E-state index in [4.69, 9.17) is 4.74 Å². The molecule has 2 bridgehead atoms. The minimum atomic E-state index is -0.946. The van der Waals surface area contributed by atoms with Gasteiger partial charge in [0, 0.05) is 13.5 Å². The lowest BCUT2D eigenvalue weighted by Gasteiger charge is -2.58. The third-order valence-corrected chi connectivity index (χ3v) is 3.63. The molecule has 3 saturated heterocycles. The van der Waals surface area contributed by atoms with E-state index in [1.165, 1.54) is 11.9 Å². The molecule has 0 N–H and O–H groups in total. The molecule has 0 aromatic heterocycles. The molecule has 0 aliphatic carbocycles. The van der Waals surface area contributed by atoms with Gasteiger partial charge in [0.05, 0.1) is 0 Å². The monoisotopic (exact) mass is 231 g/mol. The summed E-state index contributed by atoms with van der Waals surface area (Å²) in [5.74, 6) is -0.516. The molecule has 3 aliphatic rings. The Kier molecular flexibility index (Phi) is 1.82. The standard InChI is InChI=1S/C13H13NO3/c1-12-8-13(17-12,9-6-4-3-5-7-9)11(16)14(2)10(12)15/h3-7H,8H2,1-2H3. The number of fused-ring (bicyclic) bond motifs is 2. The van der Waals surface area contributed by atoms with Crippen LogP contribution < -0.4 is 0 Å². The number of amides is 2. The van der Waals surface area contributed by atoms with Gasteiger partial charge in [-0.05, 0) is 12.5 Å². The van der Waals surface area contributed by atoms with Crippen LogP contribution in [0.15, 0.2) is 30.3 Å². The zero-order chi connectivity index (χ0) is 12.3. The number of morpholine rings is 1. The van der Waals surface area contributed by atoms with E-state index in [9.17, 15) is 9.59 Å². The van der Waals surface area contributed by atoms with E-state index in [0.29, 0.717) is 6.42 Å². The third-order valence-electron chi connectivity index (χ3n) is 3.63. The first-order valence-corrected chi connectivity index (χ1v) is 5.58. The molecule has 0 spiro atoms. The Morgan fingerprint density at radius 2 is 1.76 bits per heavy atom. The van der Waals surface area contributed by atoms with Crippen molar-refractivity contribution in [3.05, 3.63) is 35.9 Å². The zero-order valence-corrected chi connectivity index (χ0v) is 9.77. The number of nitrogens with zero attached hydrogens (tertiary/aromatic N) is 1. The lowest BCUT2D eigenvalue weighted by molar-refractivity contribution is -0.278. The lowest BCUT2D eigenvalue weighted by Crippen LogP contribution is -2.74. The van der Waals surface area contributed by atoms with E-state index in [-0.39, 0.29) is 11.8 Å². The van der Waals surface area contributed by atoms with E-state index in [1.54, 1.807) is 6.92 Å². The number of piperidine rings is 1. The van der Waals surface area contributed by atoms with Crippen molar-refractivity contribution in [3.8, 4) is 0 Å². The van der Waals surface area contributed by atoms with Crippen LogP contribution in [-0.4, -0.2) is 29.4 Å². The van der Waals surface area contributed by atoms with Gasteiger partial charge in [0.15, 0.2) is 5.60 Å². The molecule has 3 fully saturated rings. The summed E-state index contributed by atoms with van der Waals surface area (Å²) < 4.78 is 5.69. The van der Waals surface area contributed by atoms with Gasteiger partial charge in [-0.25, -0.2) is 0 Å². The predicted molar refractivity (Wildman–Crippen MR) is 60.0 cm³/mol. The van der Waals surface area contributed by atoms with Crippen molar-refractivity contribution in [2.45, 2.75) is 24.5 Å². The summed E-state index contributed by atoms with van der Waals surface area (Å²) in [4.78, 5) is 25.2. The first kappa shape index (κ1) is 10.5. The maximum Gasteiger partial charge on any atom is 0.266 e. The molecule has 88 valence electrons. The molecule has 0 saturated carbocycles. The highest BCUT2D eigenvalue weighted by Crippen LogP contribution is 2.53. The van der Waals surface area contributed by atoms with Gasteiger partial charge in [0.25, 0.3) is 11.8 Å². The van der Waals surface area contributed by atoms with Crippen molar-refractivity contribution in [3.63, 3.8) is 0 Å². The fourth-order valence-electron chi connectivity index (χ4n) is 2.80. The summed E-state index contributed by atoms with van der Waals surface area (Å²) in [5.41, 5.74) is -0.959. The van der Waals surface area contributed by atoms with Gasteiger partial charge >= 0.3 is 0 Å². The summed E-state index contributed by atoms with van der Waals surface area (Å²) in [6.07, 6.45) is 0.437. The normalized spacial score (nSPS) is 35.8. The number of ether oxygens (including phenoxy) is 1. The molecule has 1 aromatic carbocycles. The zero-order valence-electron chi connectivity index (χ0n) is 9.77. The van der Waals surface area contributed by atoms with Gasteiger partial charge in [-0.2, -0.15) is 0 Å². The maximum atomic E-state index is 12.2. The minimum absolute atomic E-state index is 0.250. The Bertz CT molecular complexity index is 503. The molecule has 17 heavy (non-hydrogen) atoms. The van der Waals surface area contributed by atoms with Crippen LogP contribution >= 0.6 is 0 Å². The number of likely N-dealkylation sites (N-methyl/N-ethyl adjacent to an activating group) is 1. The Hall–Kier alpha value is -1.68. The Morgan fingerprint density at radius 3 is 2.35 bits per heavy atom. The summed E-state index contributed by atoms with van der Waals surface area (Å²) in [5, 5.41) is 0. The van der Waals surface area contributed by atoms with Crippen molar-refractivity contribution in [2.24, 2.45) is 0 Å². The average Bonchev–Trinajstić information content (AvgIpc) is 2.31. The molecular formula is C13H13NO3. The van der Waals surface area contributed by atoms with Crippen molar-refractivity contribution < 1.29 is 14.3 Å². The van der Waals surface area contributed by atoms with Crippen molar-refractivity contribution in [2.75, 3.05) is 7.05 Å². The van der Waals surface area contributed by atoms with E-state index in [0.717, 1.165) is 5.56 Å². The second-order valence-electron chi connectivity index (χ2n) is 4.87. The van der Waals surface area contributed by atoms with Crippen LogP contribution in [0.3, 0.4) is 0 Å². The molecule has 4 rings (SSSR count). The number of carbonyl (C=O) groups is 2. The van der Waals surface area contributed by atoms with E-state index in [1.807, 2.05) is 30.3 Å². The molecule has 1 aromatic rings. The van der Waals surface area contributed by atoms with Gasteiger partial charge < -0.3 is 4.74 Å². The number of carbonyl (C=O) groups excluding carboxylic acids is 2. The van der Waals surface area contributed by atoms with Crippen molar-refractivity contribution >= 4 is 11.8 Å². The molecule has 2 amide bonds. The summed E-state index contributed by atoms with van der Waals surface area (Å²) in [6.45, 7) is 1.74. The molecule has 4 nitrogen and oxygen atoms in total. The van der Waals surface area contributed by atoms with Crippen molar-refractivity contribution in [1.82, 2.24) is 4.90 Å². The smallest absolute Gasteiger partial charge is 0.266 e. The molecule has 0 radical (unpaired) electrons. The Balaban J connectivity index is 2.07. The number of benzene rings is 1. The number of imide groups is 1. The fraction of sp³-hybridized carbons (Fsp3) is 0.385. The highest BCUT2D eigenvalue weighted by atomic mass is 16.6. The second-order valence-corrected chi connectivity index (χ2v) is 4.87. The van der Waals surface area contributed by atoms with Gasteiger partial charge in [-0.1, -0.05) is 30.3 Å². The van der Waals surface area contributed by atoms with Gasteiger partial charge in [-0.15, -0.1) is 0 Å². The van der Waals surface area contributed by atoms with E-state index >= 15 is 0 Å². The van der Waals surface area contributed by atoms with Crippen LogP contribution in [0.5, 0.6) is 0 Å². The third kappa shape index (κ3) is 1.11. The molecule has 3 aliphatic heterocycles. The van der Waals surface area contributed by atoms with Crippen LogP contribution in [0.1, 0.15) is 18.9 Å². The predicted octanol–water partition coefficient (Wildman–Crippen LogP) is 1.06. The molecule has 2 unspecified atom stereocenters. The number of hydrogen-bond acceptors (Lipinski definition) is 3. The topological polar surface area (TPSA) is 46.6 Å². The molecular weight excluding hydrogens is 218 g/mol. The number of rotatable bonds is 1. The lowest BCUT2D eigenvalue weighted by atomic mass is 9.71. The van der Waals surface area contributed by atoms with Crippen LogP contribution in [0.4, 0.5) is 0 Å².